The number of ether oxygens (including phenoxy) is 1. The van der Waals surface area contributed by atoms with Crippen molar-refractivity contribution in [1.29, 1.82) is 5.41 Å². The zero-order chi connectivity index (χ0) is 27.7. The van der Waals surface area contributed by atoms with Crippen LogP contribution in [0, 0.1) is 5.41 Å². The van der Waals surface area contributed by atoms with Crippen molar-refractivity contribution in [1.82, 2.24) is 15.5 Å². The lowest BCUT2D eigenvalue weighted by atomic mass is 9.90. The number of carboxylic acids is 1. The van der Waals surface area contributed by atoms with E-state index < -0.39 is 50.4 Å². The number of sulfone groups is 1. The van der Waals surface area contributed by atoms with Gasteiger partial charge in [0.15, 0.2) is 21.6 Å². The Morgan fingerprint density at radius 2 is 1.89 bits per heavy atom. The minimum absolute atomic E-state index is 0.150. The van der Waals surface area contributed by atoms with Gasteiger partial charge in [0, 0.05) is 25.7 Å². The number of Topliss-reactive ketones (excluding diaryl/α,β-unsaturated/α-hetero) is 1. The van der Waals surface area contributed by atoms with Crippen LogP contribution in [-0.4, -0.2) is 91.2 Å². The van der Waals surface area contributed by atoms with Crippen molar-refractivity contribution < 1.29 is 32.6 Å². The number of nitrogens with zero attached hydrogens (tertiary/aromatic N) is 1. The van der Waals surface area contributed by atoms with E-state index in [-0.39, 0.29) is 30.6 Å². The summed E-state index contributed by atoms with van der Waals surface area (Å²) in [5, 5.41) is 22.5. The molecule has 204 valence electrons. The molecular weight excluding hydrogens is 514 g/mol. The van der Waals surface area contributed by atoms with Crippen LogP contribution < -0.4 is 16.4 Å². The summed E-state index contributed by atoms with van der Waals surface area (Å²) in [7, 11) is -4.35. The largest absolute Gasteiger partial charge is 0.479 e. The number of guanidine groups is 1. The Balaban J connectivity index is 1.60. The third-order valence-electron chi connectivity index (χ3n) is 6.88. The first kappa shape index (κ1) is 27.5. The van der Waals surface area contributed by atoms with Gasteiger partial charge in [-0.25, -0.2) is 13.2 Å². The zero-order valence-electron chi connectivity index (χ0n) is 20.8. The van der Waals surface area contributed by atoms with Gasteiger partial charge in [0.25, 0.3) is 11.4 Å². The number of benzene rings is 2. The predicted octanol–water partition coefficient (Wildman–Crippen LogP) is -0.143. The number of carbonyl (C=O) groups excluding carboxylic acids is 2. The number of fused-ring (bicyclic) bond motifs is 1. The highest BCUT2D eigenvalue weighted by Crippen LogP contribution is 2.28. The van der Waals surface area contributed by atoms with Crippen LogP contribution in [0.5, 0.6) is 0 Å². The lowest BCUT2D eigenvalue weighted by Crippen LogP contribution is -2.70. The van der Waals surface area contributed by atoms with Crippen LogP contribution in [0.1, 0.15) is 19.8 Å². The number of carboxylic acid groups (broad SMARTS) is 1. The highest BCUT2D eigenvalue weighted by atomic mass is 32.2. The zero-order valence-corrected chi connectivity index (χ0v) is 21.7. The van der Waals surface area contributed by atoms with Gasteiger partial charge in [-0.1, -0.05) is 30.3 Å². The van der Waals surface area contributed by atoms with Gasteiger partial charge in [-0.2, -0.15) is 0 Å². The topological polar surface area (TPSA) is 192 Å². The van der Waals surface area contributed by atoms with Crippen molar-refractivity contribution in [2.24, 2.45) is 5.73 Å². The molecule has 1 saturated heterocycles. The standard InChI is InChI=1S/C25H31N5O7S/c1-15(38(35,36)20-9-6-16-4-2-3-5-17(16)12-20)21(31)25(23(33)34,29-18-7-8-18)22(32)28-13-19-14-30(24(26)27)10-11-37-19/h2-6,9,12,15,18-19,29H,7-8,10-11,13-14H2,1H3,(H3,26,27)(H,28,32)(H,33,34). The van der Waals surface area contributed by atoms with E-state index >= 15 is 0 Å². The molecule has 3 atom stereocenters. The van der Waals surface area contributed by atoms with Crippen LogP contribution >= 0.6 is 0 Å². The van der Waals surface area contributed by atoms with Crippen LogP contribution in [0.25, 0.3) is 10.8 Å². The van der Waals surface area contributed by atoms with Crippen molar-refractivity contribution in [2.75, 3.05) is 26.2 Å². The Labute approximate surface area is 219 Å². The smallest absolute Gasteiger partial charge is 0.341 e. The number of hydrogen-bond donors (Lipinski definition) is 5. The molecule has 12 nitrogen and oxygen atoms in total. The predicted molar refractivity (Wildman–Crippen MR) is 138 cm³/mol. The van der Waals surface area contributed by atoms with Crippen molar-refractivity contribution >= 4 is 44.2 Å². The lowest BCUT2D eigenvalue weighted by molar-refractivity contribution is -0.155. The molecule has 6 N–H and O–H groups in total. The Bertz CT molecular complexity index is 1380. The molecular formula is C25H31N5O7S. The van der Waals surface area contributed by atoms with E-state index in [1.807, 2.05) is 12.1 Å². The minimum atomic E-state index is -4.35. The maximum Gasteiger partial charge on any atom is 0.341 e. The fraction of sp³-hybridized carbons (Fsp3) is 0.440. The summed E-state index contributed by atoms with van der Waals surface area (Å²) in [6.45, 7) is 1.76. The highest BCUT2D eigenvalue weighted by molar-refractivity contribution is 7.92. The summed E-state index contributed by atoms with van der Waals surface area (Å²) in [6, 6.07) is 11.1. The monoisotopic (exact) mass is 545 g/mol. The maximum atomic E-state index is 13.7. The number of carbonyl (C=O) groups is 3. The summed E-state index contributed by atoms with van der Waals surface area (Å²) in [6.07, 6.45) is 0.472. The third-order valence-corrected chi connectivity index (χ3v) is 8.94. The molecule has 1 aliphatic heterocycles. The molecule has 4 rings (SSSR count). The second kappa shape index (κ2) is 10.7. The summed E-state index contributed by atoms with van der Waals surface area (Å²) in [5.41, 5.74) is 2.71. The molecule has 13 heteroatoms. The lowest BCUT2D eigenvalue weighted by Gasteiger charge is -2.34. The van der Waals surface area contributed by atoms with Crippen LogP contribution in [0.15, 0.2) is 47.4 Å². The Morgan fingerprint density at radius 3 is 2.53 bits per heavy atom. The van der Waals surface area contributed by atoms with E-state index in [1.54, 1.807) is 18.2 Å². The minimum Gasteiger partial charge on any atom is -0.479 e. The van der Waals surface area contributed by atoms with Gasteiger partial charge in [0.05, 0.1) is 17.6 Å². The molecule has 0 bridgehead atoms. The summed E-state index contributed by atoms with van der Waals surface area (Å²) < 4.78 is 32.5. The number of hydrogen-bond acceptors (Lipinski definition) is 8. The molecule has 1 heterocycles. The van der Waals surface area contributed by atoms with Crippen molar-refractivity contribution in [3.63, 3.8) is 0 Å². The van der Waals surface area contributed by atoms with Crippen LogP contribution in [-0.2, 0) is 29.0 Å². The number of aliphatic carboxylic acids is 1. The van der Waals surface area contributed by atoms with E-state index in [0.29, 0.717) is 24.8 Å². The van der Waals surface area contributed by atoms with E-state index in [0.717, 1.165) is 12.3 Å². The molecule has 3 unspecified atom stereocenters. The third kappa shape index (κ3) is 5.35. The normalized spacial score (nSPS) is 20.3. The fourth-order valence-corrected chi connectivity index (χ4v) is 5.86. The number of rotatable bonds is 10. The molecule has 2 aromatic carbocycles. The average Bonchev–Trinajstić information content (AvgIpc) is 3.73. The number of morpholine rings is 1. The molecule has 0 spiro atoms. The SMILES string of the molecule is CC(C(=O)C(NC1CC1)(C(=O)O)C(=O)NCC1CN(C(=N)N)CCO1)S(=O)(=O)c1ccc2ccccc2c1. The molecule has 1 aliphatic carbocycles. The fourth-order valence-electron chi connectivity index (χ4n) is 4.44. The Hall–Kier alpha value is -3.55. The van der Waals surface area contributed by atoms with Crippen molar-refractivity contribution in [3.05, 3.63) is 42.5 Å². The Kier molecular flexibility index (Phi) is 7.72. The van der Waals surface area contributed by atoms with Gasteiger partial charge < -0.3 is 25.8 Å². The molecule has 2 fully saturated rings. The quantitative estimate of drug-likeness (QED) is 0.152. The first-order valence-electron chi connectivity index (χ1n) is 12.2. The average molecular weight is 546 g/mol. The van der Waals surface area contributed by atoms with E-state index in [2.05, 4.69) is 10.6 Å². The molecule has 38 heavy (non-hydrogen) atoms. The van der Waals surface area contributed by atoms with Gasteiger partial charge in [-0.3, -0.25) is 20.3 Å². The van der Waals surface area contributed by atoms with Crippen molar-refractivity contribution in [3.8, 4) is 0 Å². The summed E-state index contributed by atoms with van der Waals surface area (Å²) in [4.78, 5) is 41.1. The molecule has 1 amide bonds. The molecule has 1 saturated carbocycles. The molecule has 2 aliphatic rings. The first-order valence-corrected chi connectivity index (χ1v) is 13.8. The van der Waals surface area contributed by atoms with Gasteiger partial charge in [-0.05, 0) is 42.7 Å². The van der Waals surface area contributed by atoms with E-state index in [1.165, 1.54) is 17.0 Å². The van der Waals surface area contributed by atoms with Crippen LogP contribution in [0.2, 0.25) is 0 Å². The number of ketones is 1. The van der Waals surface area contributed by atoms with Gasteiger partial charge in [0.2, 0.25) is 0 Å². The number of nitrogens with one attached hydrogen (secondary N) is 3. The summed E-state index contributed by atoms with van der Waals surface area (Å²) in [5.74, 6) is -4.41. The maximum absolute atomic E-state index is 13.7. The summed E-state index contributed by atoms with van der Waals surface area (Å²) >= 11 is 0. The molecule has 0 radical (unpaired) electrons. The van der Waals surface area contributed by atoms with E-state index in [9.17, 15) is 27.9 Å². The molecule has 0 aromatic heterocycles. The highest BCUT2D eigenvalue weighted by Gasteiger charge is 2.58. The first-order chi connectivity index (χ1) is 18.0. The van der Waals surface area contributed by atoms with Gasteiger partial charge in [-0.15, -0.1) is 0 Å². The second-order valence-electron chi connectivity index (χ2n) is 9.57. The van der Waals surface area contributed by atoms with Crippen LogP contribution in [0.3, 0.4) is 0 Å². The van der Waals surface area contributed by atoms with Crippen LogP contribution in [0.4, 0.5) is 0 Å². The van der Waals surface area contributed by atoms with E-state index in [4.69, 9.17) is 15.9 Å². The van der Waals surface area contributed by atoms with Crippen molar-refractivity contribution in [2.45, 2.75) is 47.6 Å². The molecule has 2 aromatic rings. The number of amides is 1. The van der Waals surface area contributed by atoms with Gasteiger partial charge >= 0.3 is 5.97 Å². The Morgan fingerprint density at radius 1 is 1.21 bits per heavy atom. The van der Waals surface area contributed by atoms with Gasteiger partial charge in [0.1, 0.15) is 5.25 Å². The second-order valence-corrected chi connectivity index (χ2v) is 11.8. The number of nitrogens with two attached hydrogens (primary N) is 1.